The third kappa shape index (κ3) is 7.09. The average Bonchev–Trinajstić information content (AvgIpc) is 3.70. The Kier molecular flexibility index (Phi) is 9.43. The summed E-state index contributed by atoms with van der Waals surface area (Å²) in [5, 5.41) is 14.8. The standard InChI is InChI=1S/C43H46N10O4/c1-25-5-4-6-26(2)38(25)47-39-34-21-44-43(48-40(34)50(3)49-39)45-32-9-7-27-13-16-51(22-30(27)20-32)24-37(55)52-17-14-28(15-18-52)29-8-10-33-31(19-29)23-53(42(33)57)35-11-12-36(54)46-41(35)56/h4-10,19-21,28,35H,11-18,22-24H2,1-3H3,(H,47,49)(H,44,45,48)(H,46,54,56). The number of rotatable bonds is 8. The van der Waals surface area contributed by atoms with Crippen molar-refractivity contribution in [1.82, 2.24) is 39.8 Å². The number of fused-ring (bicyclic) bond motifs is 3. The fraction of sp³-hybridized carbons (Fsp3) is 0.372. The van der Waals surface area contributed by atoms with Gasteiger partial charge < -0.3 is 20.4 Å². The molecule has 3 N–H and O–H groups in total. The summed E-state index contributed by atoms with van der Waals surface area (Å²) < 4.78 is 1.76. The van der Waals surface area contributed by atoms with Gasteiger partial charge in [0.15, 0.2) is 11.5 Å². The summed E-state index contributed by atoms with van der Waals surface area (Å²) in [5.41, 5.74) is 10.1. The van der Waals surface area contributed by atoms with Crippen molar-refractivity contribution >= 4 is 57.8 Å². The molecule has 2 fully saturated rings. The van der Waals surface area contributed by atoms with Crippen molar-refractivity contribution in [3.8, 4) is 0 Å². The van der Waals surface area contributed by atoms with Crippen molar-refractivity contribution in [2.45, 2.75) is 71.0 Å². The number of aromatic nitrogens is 4. The first-order valence-electron chi connectivity index (χ1n) is 19.8. The molecule has 2 aromatic heterocycles. The zero-order valence-corrected chi connectivity index (χ0v) is 32.5. The lowest BCUT2D eigenvalue weighted by atomic mass is 9.88. The molecule has 4 amide bonds. The van der Waals surface area contributed by atoms with Gasteiger partial charge in [-0.25, -0.2) is 9.67 Å². The third-order valence-corrected chi connectivity index (χ3v) is 12.1. The van der Waals surface area contributed by atoms with E-state index < -0.39 is 11.9 Å². The quantitative estimate of drug-likeness (QED) is 0.184. The number of nitrogens with zero attached hydrogens (tertiary/aromatic N) is 7. The molecular formula is C43H46N10O4. The Labute approximate surface area is 330 Å². The van der Waals surface area contributed by atoms with E-state index in [9.17, 15) is 19.2 Å². The van der Waals surface area contributed by atoms with Gasteiger partial charge in [-0.1, -0.05) is 36.4 Å². The van der Waals surface area contributed by atoms with Crippen LogP contribution in [-0.2, 0) is 40.9 Å². The van der Waals surface area contributed by atoms with E-state index in [4.69, 9.17) is 10.1 Å². The van der Waals surface area contributed by atoms with Gasteiger partial charge in [0.05, 0.1) is 11.9 Å². The normalized spacial score (nSPS) is 18.8. The number of para-hydroxylation sites is 1. The summed E-state index contributed by atoms with van der Waals surface area (Å²) in [7, 11) is 1.88. The SMILES string of the molecule is Cc1cccc(C)c1Nc1nn(C)c2nc(Nc3ccc4c(c3)CN(CC(=O)N3CCC(c5ccc6c(c5)CN(C5CCC(=O)NC5=O)C6=O)CC3)CC4)ncc12. The Morgan fingerprint density at radius 3 is 2.47 bits per heavy atom. The van der Waals surface area contributed by atoms with E-state index >= 15 is 0 Å². The number of carbonyl (C=O) groups is 4. The van der Waals surface area contributed by atoms with Crippen LogP contribution in [0.3, 0.4) is 0 Å². The van der Waals surface area contributed by atoms with Crippen molar-refractivity contribution < 1.29 is 19.2 Å². The lowest BCUT2D eigenvalue weighted by Crippen LogP contribution is -2.52. The highest BCUT2D eigenvalue weighted by Gasteiger charge is 2.39. The monoisotopic (exact) mass is 766 g/mol. The molecule has 0 bridgehead atoms. The van der Waals surface area contributed by atoms with E-state index in [1.807, 2.05) is 30.1 Å². The molecule has 9 rings (SSSR count). The van der Waals surface area contributed by atoms with E-state index in [2.05, 4.69) is 76.1 Å². The molecule has 1 unspecified atom stereocenters. The minimum absolute atomic E-state index is 0.148. The van der Waals surface area contributed by atoms with Crippen LogP contribution in [0, 0.1) is 13.8 Å². The van der Waals surface area contributed by atoms with Crippen LogP contribution in [0.25, 0.3) is 11.0 Å². The predicted octanol–water partition coefficient (Wildman–Crippen LogP) is 4.99. The van der Waals surface area contributed by atoms with Crippen LogP contribution in [-0.4, -0.2) is 90.3 Å². The second-order valence-electron chi connectivity index (χ2n) is 15.8. The van der Waals surface area contributed by atoms with Gasteiger partial charge in [-0.05, 0) is 97.0 Å². The first-order valence-corrected chi connectivity index (χ1v) is 19.8. The second-order valence-corrected chi connectivity index (χ2v) is 15.8. The number of imide groups is 1. The number of benzene rings is 3. The largest absolute Gasteiger partial charge is 0.342 e. The molecule has 0 spiro atoms. The molecule has 2 saturated heterocycles. The molecule has 292 valence electrons. The molecule has 14 heteroatoms. The number of amides is 4. The van der Waals surface area contributed by atoms with Gasteiger partial charge >= 0.3 is 0 Å². The number of carbonyl (C=O) groups excluding carboxylic acids is 4. The fourth-order valence-electron chi connectivity index (χ4n) is 8.88. The molecule has 0 radical (unpaired) electrons. The van der Waals surface area contributed by atoms with Gasteiger partial charge in [-0.15, -0.1) is 0 Å². The van der Waals surface area contributed by atoms with Crippen LogP contribution >= 0.6 is 0 Å². The number of anilines is 4. The fourth-order valence-corrected chi connectivity index (χ4v) is 8.88. The Morgan fingerprint density at radius 1 is 0.877 bits per heavy atom. The maximum atomic E-state index is 13.6. The van der Waals surface area contributed by atoms with Crippen molar-refractivity contribution in [2.24, 2.45) is 7.05 Å². The van der Waals surface area contributed by atoms with Gasteiger partial charge in [-0.3, -0.25) is 29.4 Å². The van der Waals surface area contributed by atoms with E-state index in [1.54, 1.807) is 15.8 Å². The van der Waals surface area contributed by atoms with Crippen molar-refractivity contribution in [2.75, 3.05) is 36.8 Å². The van der Waals surface area contributed by atoms with E-state index in [1.165, 1.54) is 11.1 Å². The molecule has 57 heavy (non-hydrogen) atoms. The summed E-state index contributed by atoms with van der Waals surface area (Å²) in [6.07, 6.45) is 4.96. The molecule has 5 aromatic rings. The number of hydrogen-bond acceptors (Lipinski definition) is 10. The van der Waals surface area contributed by atoms with Gasteiger partial charge in [0.1, 0.15) is 6.04 Å². The van der Waals surface area contributed by atoms with Crippen molar-refractivity contribution in [3.05, 3.63) is 99.7 Å². The van der Waals surface area contributed by atoms with Gasteiger partial charge in [0.25, 0.3) is 5.91 Å². The van der Waals surface area contributed by atoms with Crippen LogP contribution in [0.2, 0.25) is 0 Å². The molecule has 0 saturated carbocycles. The van der Waals surface area contributed by atoms with Crippen molar-refractivity contribution in [1.29, 1.82) is 0 Å². The summed E-state index contributed by atoms with van der Waals surface area (Å²) in [5.74, 6) is 0.780. The highest BCUT2D eigenvalue weighted by atomic mass is 16.2. The Balaban J connectivity index is 0.794. The number of aryl methyl sites for hydroxylation is 3. The van der Waals surface area contributed by atoms with Crippen LogP contribution < -0.4 is 16.0 Å². The topological polar surface area (TPSA) is 158 Å². The molecule has 6 heterocycles. The zero-order valence-electron chi connectivity index (χ0n) is 32.5. The van der Waals surface area contributed by atoms with Crippen LogP contribution in [0.1, 0.15) is 75.3 Å². The molecule has 3 aromatic carbocycles. The molecule has 0 aliphatic carbocycles. The summed E-state index contributed by atoms with van der Waals surface area (Å²) in [6, 6.07) is 17.9. The maximum absolute atomic E-state index is 13.6. The molecule has 4 aliphatic rings. The summed E-state index contributed by atoms with van der Waals surface area (Å²) >= 11 is 0. The Morgan fingerprint density at radius 2 is 1.68 bits per heavy atom. The van der Waals surface area contributed by atoms with E-state index in [-0.39, 0.29) is 30.1 Å². The molecular weight excluding hydrogens is 721 g/mol. The second kappa shape index (κ2) is 14.7. The minimum Gasteiger partial charge on any atom is -0.342 e. The van der Waals surface area contributed by atoms with Gasteiger partial charge in [-0.2, -0.15) is 10.1 Å². The number of piperidine rings is 2. The average molecular weight is 767 g/mol. The summed E-state index contributed by atoms with van der Waals surface area (Å²) in [4.78, 5) is 66.1. The highest BCUT2D eigenvalue weighted by molar-refractivity contribution is 6.05. The first-order chi connectivity index (χ1) is 27.6. The van der Waals surface area contributed by atoms with Crippen LogP contribution in [0.5, 0.6) is 0 Å². The lowest BCUT2D eigenvalue weighted by molar-refractivity contribution is -0.137. The molecule has 1 atom stereocenters. The highest BCUT2D eigenvalue weighted by Crippen LogP contribution is 2.34. The minimum atomic E-state index is -0.623. The van der Waals surface area contributed by atoms with Crippen molar-refractivity contribution in [3.63, 3.8) is 0 Å². The van der Waals surface area contributed by atoms with Gasteiger partial charge in [0.2, 0.25) is 23.7 Å². The maximum Gasteiger partial charge on any atom is 0.255 e. The van der Waals surface area contributed by atoms with E-state index in [0.717, 1.165) is 70.5 Å². The third-order valence-electron chi connectivity index (χ3n) is 12.1. The first kappa shape index (κ1) is 36.5. The molecule has 4 aliphatic heterocycles. The number of likely N-dealkylation sites (tertiary alicyclic amines) is 1. The summed E-state index contributed by atoms with van der Waals surface area (Å²) in [6.45, 7) is 7.77. The Bertz CT molecular complexity index is 2430. The van der Waals surface area contributed by atoms with E-state index in [0.29, 0.717) is 56.5 Å². The number of hydrogen-bond donors (Lipinski definition) is 3. The zero-order chi connectivity index (χ0) is 39.4. The predicted molar refractivity (Wildman–Crippen MR) is 215 cm³/mol. The molecule has 14 nitrogen and oxygen atoms in total. The van der Waals surface area contributed by atoms with Gasteiger partial charge in [0, 0.05) is 69.3 Å². The lowest BCUT2D eigenvalue weighted by Gasteiger charge is -2.35. The number of nitrogens with one attached hydrogen (secondary N) is 3. The van der Waals surface area contributed by atoms with Crippen LogP contribution in [0.4, 0.5) is 23.1 Å². The van der Waals surface area contributed by atoms with Crippen LogP contribution in [0.15, 0.2) is 60.8 Å². The smallest absolute Gasteiger partial charge is 0.255 e. The Hall–Kier alpha value is -6.15.